The lowest BCUT2D eigenvalue weighted by Crippen LogP contribution is -2.52. The van der Waals surface area contributed by atoms with Crippen molar-refractivity contribution in [2.45, 2.75) is 38.9 Å². The van der Waals surface area contributed by atoms with Gasteiger partial charge in [-0.1, -0.05) is 0 Å². The van der Waals surface area contributed by atoms with Gasteiger partial charge >= 0.3 is 7.12 Å². The molecule has 1 saturated heterocycles. The third kappa shape index (κ3) is 2.84. The Morgan fingerprint density at radius 1 is 1.44 bits per heavy atom. The summed E-state index contributed by atoms with van der Waals surface area (Å²) in [6.45, 7) is 6.00. The lowest BCUT2D eigenvalue weighted by molar-refractivity contribution is -0.0231. The molecule has 0 bridgehead atoms. The normalized spacial score (nSPS) is 22.9. The van der Waals surface area contributed by atoms with Crippen molar-refractivity contribution >= 4 is 12.6 Å². The van der Waals surface area contributed by atoms with Gasteiger partial charge < -0.3 is 14.0 Å². The van der Waals surface area contributed by atoms with Crippen LogP contribution < -0.4 is 10.2 Å². The minimum Gasteiger partial charge on any atom is -0.497 e. The fraction of sp³-hybridized carbons (Fsp3) is 0.538. The third-order valence-corrected chi connectivity index (χ3v) is 3.01. The predicted molar refractivity (Wildman–Crippen MR) is 68.7 cm³/mol. The molecule has 1 aromatic carbocycles. The van der Waals surface area contributed by atoms with Crippen molar-refractivity contribution in [3.63, 3.8) is 0 Å². The van der Waals surface area contributed by atoms with Crippen molar-refractivity contribution in [3.8, 4) is 5.75 Å². The molecule has 1 atom stereocenters. The van der Waals surface area contributed by atoms with E-state index in [4.69, 9.17) is 14.0 Å². The number of halogens is 1. The van der Waals surface area contributed by atoms with Crippen molar-refractivity contribution < 1.29 is 18.4 Å². The highest BCUT2D eigenvalue weighted by molar-refractivity contribution is 6.62. The molecule has 1 aliphatic rings. The van der Waals surface area contributed by atoms with Gasteiger partial charge in [-0.3, -0.25) is 0 Å². The molecule has 2 rings (SSSR count). The third-order valence-electron chi connectivity index (χ3n) is 3.01. The Hall–Kier alpha value is -1.07. The Morgan fingerprint density at radius 2 is 2.17 bits per heavy atom. The first-order chi connectivity index (χ1) is 8.41. The zero-order valence-electron chi connectivity index (χ0n) is 11.2. The molecule has 0 unspecified atom stereocenters. The standard InChI is InChI=1S/C13H18BFO3/c1-9-8-13(2,3)18-14(17-9)11-7-10(15)5-6-12(11)16-4/h5-7,9H,8H2,1-4H3/t9-/m0/s1. The molecule has 0 N–H and O–H groups in total. The van der Waals surface area contributed by atoms with Gasteiger partial charge in [0, 0.05) is 11.6 Å². The highest BCUT2D eigenvalue weighted by Gasteiger charge is 2.39. The summed E-state index contributed by atoms with van der Waals surface area (Å²) >= 11 is 0. The molecule has 0 radical (unpaired) electrons. The van der Waals surface area contributed by atoms with Crippen LogP contribution in [-0.4, -0.2) is 25.9 Å². The molecule has 0 aliphatic carbocycles. The molecular weight excluding hydrogens is 234 g/mol. The summed E-state index contributed by atoms with van der Waals surface area (Å²) in [5.41, 5.74) is 0.303. The van der Waals surface area contributed by atoms with Crippen LogP contribution in [0.25, 0.3) is 0 Å². The fourth-order valence-corrected chi connectivity index (χ4v) is 2.34. The van der Waals surface area contributed by atoms with Crippen LogP contribution in [0.3, 0.4) is 0 Å². The Kier molecular flexibility index (Phi) is 3.64. The Balaban J connectivity index is 2.32. The van der Waals surface area contributed by atoms with Crippen molar-refractivity contribution in [2.75, 3.05) is 7.11 Å². The minimum atomic E-state index is -0.589. The zero-order valence-corrected chi connectivity index (χ0v) is 11.2. The van der Waals surface area contributed by atoms with Gasteiger partial charge in [0.05, 0.1) is 12.7 Å². The Morgan fingerprint density at radius 3 is 2.78 bits per heavy atom. The van der Waals surface area contributed by atoms with Gasteiger partial charge in [-0.2, -0.15) is 0 Å². The van der Waals surface area contributed by atoms with Gasteiger partial charge in [0.25, 0.3) is 0 Å². The van der Waals surface area contributed by atoms with Crippen LogP contribution in [0, 0.1) is 5.82 Å². The van der Waals surface area contributed by atoms with Crippen molar-refractivity contribution in [1.29, 1.82) is 0 Å². The maximum atomic E-state index is 13.4. The van der Waals surface area contributed by atoms with Gasteiger partial charge in [0.2, 0.25) is 0 Å². The first-order valence-corrected chi connectivity index (χ1v) is 6.08. The van der Waals surface area contributed by atoms with Crippen LogP contribution in [0.2, 0.25) is 0 Å². The van der Waals surface area contributed by atoms with Crippen molar-refractivity contribution in [2.24, 2.45) is 0 Å². The van der Waals surface area contributed by atoms with E-state index in [1.165, 1.54) is 12.1 Å². The molecular formula is C13H18BFO3. The molecule has 5 heteroatoms. The molecule has 1 aliphatic heterocycles. The molecule has 1 heterocycles. The Labute approximate surface area is 107 Å². The maximum absolute atomic E-state index is 13.4. The van der Waals surface area contributed by atoms with Crippen molar-refractivity contribution in [3.05, 3.63) is 24.0 Å². The second-order valence-corrected chi connectivity index (χ2v) is 5.25. The molecule has 0 amide bonds. The summed E-state index contributed by atoms with van der Waals surface area (Å²) in [6, 6.07) is 4.35. The molecule has 0 spiro atoms. The van der Waals surface area contributed by atoms with Crippen LogP contribution in [0.15, 0.2) is 18.2 Å². The highest BCUT2D eigenvalue weighted by atomic mass is 19.1. The highest BCUT2D eigenvalue weighted by Crippen LogP contribution is 2.27. The van der Waals surface area contributed by atoms with Crippen LogP contribution >= 0.6 is 0 Å². The molecule has 98 valence electrons. The number of hydrogen-bond donors (Lipinski definition) is 0. The molecule has 0 saturated carbocycles. The molecule has 0 aromatic heterocycles. The molecule has 1 aromatic rings. The zero-order chi connectivity index (χ0) is 13.3. The predicted octanol–water partition coefficient (Wildman–Crippen LogP) is 2.13. The first-order valence-electron chi connectivity index (χ1n) is 6.08. The van der Waals surface area contributed by atoms with E-state index in [1.54, 1.807) is 13.2 Å². The average Bonchev–Trinajstić information content (AvgIpc) is 2.26. The summed E-state index contributed by atoms with van der Waals surface area (Å²) in [4.78, 5) is 0. The van der Waals surface area contributed by atoms with E-state index < -0.39 is 7.12 Å². The maximum Gasteiger partial charge on any atom is 0.498 e. The smallest absolute Gasteiger partial charge is 0.497 e. The fourth-order valence-electron chi connectivity index (χ4n) is 2.34. The monoisotopic (exact) mass is 252 g/mol. The van der Waals surface area contributed by atoms with Crippen LogP contribution in [-0.2, 0) is 9.31 Å². The van der Waals surface area contributed by atoms with E-state index in [0.29, 0.717) is 11.2 Å². The molecule has 1 fully saturated rings. The largest absolute Gasteiger partial charge is 0.498 e. The summed E-state index contributed by atoms with van der Waals surface area (Å²) in [5, 5.41) is 0. The number of ether oxygens (including phenoxy) is 1. The van der Waals surface area contributed by atoms with E-state index in [9.17, 15) is 4.39 Å². The van der Waals surface area contributed by atoms with E-state index >= 15 is 0 Å². The van der Waals surface area contributed by atoms with Gasteiger partial charge in [-0.25, -0.2) is 4.39 Å². The number of methoxy groups -OCH3 is 1. The van der Waals surface area contributed by atoms with Gasteiger partial charge in [0.1, 0.15) is 11.6 Å². The minimum absolute atomic E-state index is 0.0618. The van der Waals surface area contributed by atoms with Crippen molar-refractivity contribution in [1.82, 2.24) is 0 Å². The summed E-state index contributed by atoms with van der Waals surface area (Å²) < 4.78 is 30.2. The summed E-state index contributed by atoms with van der Waals surface area (Å²) in [6.07, 6.45) is 0.868. The van der Waals surface area contributed by atoms with Crippen LogP contribution in [0.5, 0.6) is 5.75 Å². The van der Waals surface area contributed by atoms with Gasteiger partial charge in [0.15, 0.2) is 0 Å². The quantitative estimate of drug-likeness (QED) is 0.754. The van der Waals surface area contributed by atoms with Crippen LogP contribution in [0.4, 0.5) is 4.39 Å². The van der Waals surface area contributed by atoms with E-state index in [2.05, 4.69) is 0 Å². The lowest BCUT2D eigenvalue weighted by atomic mass is 9.74. The van der Waals surface area contributed by atoms with E-state index in [1.807, 2.05) is 20.8 Å². The Bertz CT molecular complexity index is 436. The number of rotatable bonds is 2. The van der Waals surface area contributed by atoms with E-state index in [0.717, 1.165) is 6.42 Å². The summed E-state index contributed by atoms with van der Waals surface area (Å²) in [5.74, 6) is 0.250. The summed E-state index contributed by atoms with van der Waals surface area (Å²) in [7, 11) is 0.961. The van der Waals surface area contributed by atoms with Gasteiger partial charge in [-0.15, -0.1) is 0 Å². The number of benzene rings is 1. The first kappa shape index (κ1) is 13.4. The van der Waals surface area contributed by atoms with Crippen LogP contribution in [0.1, 0.15) is 27.2 Å². The van der Waals surface area contributed by atoms with E-state index in [-0.39, 0.29) is 17.5 Å². The molecule has 18 heavy (non-hydrogen) atoms. The second-order valence-electron chi connectivity index (χ2n) is 5.25. The second kappa shape index (κ2) is 4.90. The number of hydrogen-bond acceptors (Lipinski definition) is 3. The SMILES string of the molecule is COc1ccc(F)cc1B1O[C@@H](C)CC(C)(C)O1. The lowest BCUT2D eigenvalue weighted by Gasteiger charge is -2.38. The molecule has 3 nitrogen and oxygen atoms in total. The van der Waals surface area contributed by atoms with Gasteiger partial charge in [-0.05, 0) is 45.4 Å². The topological polar surface area (TPSA) is 27.7 Å². The average molecular weight is 252 g/mol.